The number of hydrogen-bond acceptors (Lipinski definition) is 3. The number of methoxy groups -OCH3 is 1. The van der Waals surface area contributed by atoms with Crippen molar-refractivity contribution in [2.75, 3.05) is 7.11 Å². The third-order valence-electron chi connectivity index (χ3n) is 2.28. The molecule has 0 aliphatic heterocycles. The number of aliphatic hydroxyl groups excluding tert-OH is 1. The fraction of sp³-hybridized carbons (Fsp3) is 0.273. The normalized spacial score (nSPS) is 10.8. The molecule has 0 saturated heterocycles. The van der Waals surface area contributed by atoms with Crippen LogP contribution in [0.15, 0.2) is 18.2 Å². The molecule has 0 aliphatic carbocycles. The van der Waals surface area contributed by atoms with E-state index >= 15 is 0 Å². The van der Waals surface area contributed by atoms with Gasteiger partial charge in [-0.15, -0.1) is 11.3 Å². The van der Waals surface area contributed by atoms with E-state index in [2.05, 4.69) is 13.0 Å². The van der Waals surface area contributed by atoms with Crippen molar-refractivity contribution in [1.29, 1.82) is 0 Å². The van der Waals surface area contributed by atoms with Crippen LogP contribution in [0.25, 0.3) is 10.1 Å². The molecule has 1 aromatic heterocycles. The van der Waals surface area contributed by atoms with Crippen molar-refractivity contribution in [2.45, 2.75) is 13.5 Å². The van der Waals surface area contributed by atoms with Crippen molar-refractivity contribution in [1.82, 2.24) is 0 Å². The molecule has 2 aromatic rings. The van der Waals surface area contributed by atoms with Gasteiger partial charge < -0.3 is 9.84 Å². The first kappa shape index (κ1) is 9.49. The van der Waals surface area contributed by atoms with E-state index in [-0.39, 0.29) is 6.61 Å². The molecule has 1 aromatic carbocycles. The minimum atomic E-state index is 0.0436. The topological polar surface area (TPSA) is 29.5 Å². The second kappa shape index (κ2) is 3.59. The molecule has 1 N–H and O–H groups in total. The molecule has 0 radical (unpaired) electrons. The van der Waals surface area contributed by atoms with E-state index in [0.717, 1.165) is 16.0 Å². The molecule has 0 saturated carbocycles. The lowest BCUT2D eigenvalue weighted by Crippen LogP contribution is -1.85. The average molecular weight is 208 g/mol. The number of fused-ring (bicyclic) bond motifs is 1. The van der Waals surface area contributed by atoms with Crippen LogP contribution in [-0.2, 0) is 6.61 Å². The summed E-state index contributed by atoms with van der Waals surface area (Å²) in [7, 11) is 1.64. The van der Waals surface area contributed by atoms with Crippen LogP contribution in [0.3, 0.4) is 0 Å². The summed E-state index contributed by atoms with van der Waals surface area (Å²) >= 11 is 1.60. The van der Waals surface area contributed by atoms with Gasteiger partial charge in [0.25, 0.3) is 0 Å². The van der Waals surface area contributed by atoms with Gasteiger partial charge in [-0.05, 0) is 18.6 Å². The molecular formula is C11H12O2S. The third kappa shape index (κ3) is 1.29. The van der Waals surface area contributed by atoms with Crippen molar-refractivity contribution in [3.63, 3.8) is 0 Å². The number of aliphatic hydroxyl groups is 1. The molecule has 0 spiro atoms. The fourth-order valence-corrected chi connectivity index (χ4v) is 2.71. The molecule has 0 atom stereocenters. The highest BCUT2D eigenvalue weighted by Gasteiger charge is 2.12. The van der Waals surface area contributed by atoms with Gasteiger partial charge in [-0.3, -0.25) is 0 Å². The van der Waals surface area contributed by atoms with Crippen molar-refractivity contribution >= 4 is 21.4 Å². The molecule has 74 valence electrons. The van der Waals surface area contributed by atoms with Crippen LogP contribution < -0.4 is 4.74 Å². The van der Waals surface area contributed by atoms with Crippen LogP contribution in [-0.4, -0.2) is 12.2 Å². The summed E-state index contributed by atoms with van der Waals surface area (Å²) in [6.07, 6.45) is 0. The Hall–Kier alpha value is -1.06. The van der Waals surface area contributed by atoms with Crippen LogP contribution >= 0.6 is 11.3 Å². The first-order valence-corrected chi connectivity index (χ1v) is 5.25. The summed E-state index contributed by atoms with van der Waals surface area (Å²) in [6, 6.07) is 6.10. The standard InChI is InChI=1S/C11H12O2S/c1-7-4-3-5-8-10(13-2)9(6-12)14-11(7)8/h3-5,12H,6H2,1-2H3. The Labute approximate surface area is 86.8 Å². The smallest absolute Gasteiger partial charge is 0.142 e. The first-order chi connectivity index (χ1) is 6.77. The maximum atomic E-state index is 9.17. The summed E-state index contributed by atoms with van der Waals surface area (Å²) in [5.74, 6) is 0.816. The Morgan fingerprint density at radius 1 is 1.43 bits per heavy atom. The first-order valence-electron chi connectivity index (χ1n) is 4.43. The van der Waals surface area contributed by atoms with E-state index in [1.54, 1.807) is 18.4 Å². The molecule has 0 unspecified atom stereocenters. The summed E-state index contributed by atoms with van der Waals surface area (Å²) in [4.78, 5) is 0.900. The average Bonchev–Trinajstić information content (AvgIpc) is 2.57. The number of rotatable bonds is 2. The zero-order valence-electron chi connectivity index (χ0n) is 8.20. The van der Waals surface area contributed by atoms with E-state index in [9.17, 15) is 5.11 Å². The Balaban J connectivity index is 2.79. The Morgan fingerprint density at radius 2 is 2.21 bits per heavy atom. The van der Waals surface area contributed by atoms with E-state index < -0.39 is 0 Å². The quantitative estimate of drug-likeness (QED) is 0.822. The minimum Gasteiger partial charge on any atom is -0.495 e. The van der Waals surface area contributed by atoms with Gasteiger partial charge in [0, 0.05) is 10.1 Å². The van der Waals surface area contributed by atoms with Crippen LogP contribution in [0.2, 0.25) is 0 Å². The fourth-order valence-electron chi connectivity index (χ4n) is 1.61. The van der Waals surface area contributed by atoms with E-state index in [0.29, 0.717) is 0 Å². The molecular weight excluding hydrogens is 196 g/mol. The number of ether oxygens (including phenoxy) is 1. The Morgan fingerprint density at radius 3 is 2.86 bits per heavy atom. The third-order valence-corrected chi connectivity index (χ3v) is 3.59. The van der Waals surface area contributed by atoms with E-state index in [1.165, 1.54) is 10.3 Å². The van der Waals surface area contributed by atoms with Gasteiger partial charge in [-0.2, -0.15) is 0 Å². The predicted molar refractivity (Wildman–Crippen MR) is 59.0 cm³/mol. The van der Waals surface area contributed by atoms with E-state index in [4.69, 9.17) is 4.74 Å². The van der Waals surface area contributed by atoms with Gasteiger partial charge in [-0.1, -0.05) is 12.1 Å². The van der Waals surface area contributed by atoms with Crippen LogP contribution in [0.4, 0.5) is 0 Å². The maximum Gasteiger partial charge on any atom is 0.142 e. The molecule has 0 bridgehead atoms. The zero-order chi connectivity index (χ0) is 10.1. The molecule has 2 rings (SSSR count). The summed E-state index contributed by atoms with van der Waals surface area (Å²) in [5.41, 5.74) is 1.23. The van der Waals surface area contributed by atoms with Crippen LogP contribution in [0, 0.1) is 6.92 Å². The summed E-state index contributed by atoms with van der Waals surface area (Å²) in [6.45, 7) is 2.11. The second-order valence-corrected chi connectivity index (χ2v) is 4.27. The van der Waals surface area contributed by atoms with E-state index in [1.807, 2.05) is 12.1 Å². The minimum absolute atomic E-state index is 0.0436. The lowest BCUT2D eigenvalue weighted by atomic mass is 10.2. The SMILES string of the molecule is COc1c(CO)sc2c(C)cccc12. The highest BCUT2D eigenvalue weighted by molar-refractivity contribution is 7.19. The molecule has 0 aliphatic rings. The molecule has 2 nitrogen and oxygen atoms in total. The highest BCUT2D eigenvalue weighted by atomic mass is 32.1. The maximum absolute atomic E-state index is 9.17. The number of hydrogen-bond donors (Lipinski definition) is 1. The summed E-state index contributed by atoms with van der Waals surface area (Å²) < 4.78 is 6.50. The molecule has 1 heterocycles. The van der Waals surface area contributed by atoms with Gasteiger partial charge >= 0.3 is 0 Å². The van der Waals surface area contributed by atoms with Crippen molar-refractivity contribution < 1.29 is 9.84 Å². The zero-order valence-corrected chi connectivity index (χ0v) is 9.02. The number of thiophene rings is 1. The molecule has 0 fully saturated rings. The second-order valence-electron chi connectivity index (χ2n) is 3.17. The highest BCUT2D eigenvalue weighted by Crippen LogP contribution is 2.38. The van der Waals surface area contributed by atoms with Gasteiger partial charge in [-0.25, -0.2) is 0 Å². The van der Waals surface area contributed by atoms with Crippen molar-refractivity contribution in [3.8, 4) is 5.75 Å². The van der Waals surface area contributed by atoms with Crippen molar-refractivity contribution in [2.24, 2.45) is 0 Å². The van der Waals surface area contributed by atoms with Gasteiger partial charge in [0.1, 0.15) is 5.75 Å². The van der Waals surface area contributed by atoms with Crippen LogP contribution in [0.1, 0.15) is 10.4 Å². The number of benzene rings is 1. The van der Waals surface area contributed by atoms with Crippen LogP contribution in [0.5, 0.6) is 5.75 Å². The Kier molecular flexibility index (Phi) is 2.44. The molecule has 14 heavy (non-hydrogen) atoms. The summed E-state index contributed by atoms with van der Waals surface area (Å²) in [5, 5.41) is 10.3. The van der Waals surface area contributed by atoms with Gasteiger partial charge in [0.15, 0.2) is 0 Å². The van der Waals surface area contributed by atoms with Gasteiger partial charge in [0.05, 0.1) is 18.6 Å². The Bertz CT molecular complexity index is 460. The number of aryl methyl sites for hydroxylation is 1. The predicted octanol–water partition coefficient (Wildman–Crippen LogP) is 2.71. The lowest BCUT2D eigenvalue weighted by molar-refractivity contribution is 0.278. The monoisotopic (exact) mass is 208 g/mol. The van der Waals surface area contributed by atoms with Crippen molar-refractivity contribution in [3.05, 3.63) is 28.6 Å². The largest absolute Gasteiger partial charge is 0.495 e. The molecule has 3 heteroatoms. The van der Waals surface area contributed by atoms with Gasteiger partial charge in [0.2, 0.25) is 0 Å². The lowest BCUT2D eigenvalue weighted by Gasteiger charge is -1.99. The molecule has 0 amide bonds.